The van der Waals surface area contributed by atoms with Gasteiger partial charge in [-0.1, -0.05) is 24.3 Å². The zero-order valence-electron chi connectivity index (χ0n) is 16.2. The zero-order chi connectivity index (χ0) is 20.8. The Labute approximate surface area is 168 Å². The van der Waals surface area contributed by atoms with Crippen LogP contribution in [0.25, 0.3) is 10.8 Å². The van der Waals surface area contributed by atoms with Crippen LogP contribution in [0, 0.1) is 0 Å². The number of carbonyl (C=O) groups is 2. The minimum Gasteiger partial charge on any atom is -0.507 e. The smallest absolute Gasteiger partial charge is 0.314 e. The molecule has 29 heavy (non-hydrogen) atoms. The van der Waals surface area contributed by atoms with E-state index in [1.807, 2.05) is 13.8 Å². The lowest BCUT2D eigenvalue weighted by Crippen LogP contribution is -2.29. The average molecular weight is 394 g/mol. The molecule has 3 rings (SSSR count). The van der Waals surface area contributed by atoms with Gasteiger partial charge in [-0.15, -0.1) is 0 Å². The number of fused-ring (bicyclic) bond motifs is 1. The highest BCUT2D eigenvalue weighted by atomic mass is 16.5. The van der Waals surface area contributed by atoms with E-state index in [1.165, 1.54) is 0 Å². The number of aromatic hydroxyl groups is 1. The molecule has 0 spiro atoms. The number of hydrogen-bond acceptors (Lipinski definition) is 5. The van der Waals surface area contributed by atoms with Crippen LogP contribution in [-0.4, -0.2) is 30.1 Å². The molecule has 0 heterocycles. The van der Waals surface area contributed by atoms with Gasteiger partial charge in [0.15, 0.2) is 11.5 Å². The third-order valence-electron chi connectivity index (χ3n) is 4.15. The molecule has 0 unspecified atom stereocenters. The number of phenols is 1. The summed E-state index contributed by atoms with van der Waals surface area (Å²) in [6, 6.07) is 15.0. The lowest BCUT2D eigenvalue weighted by molar-refractivity contribution is -0.132. The van der Waals surface area contributed by atoms with E-state index in [9.17, 15) is 14.7 Å². The van der Waals surface area contributed by atoms with Crippen molar-refractivity contribution in [3.05, 3.63) is 54.6 Å². The fourth-order valence-electron chi connectivity index (χ4n) is 2.90. The predicted molar refractivity (Wildman–Crippen MR) is 112 cm³/mol. The first-order valence-corrected chi connectivity index (χ1v) is 9.26. The molecule has 0 radical (unpaired) electrons. The van der Waals surface area contributed by atoms with Crippen molar-refractivity contribution in [3.8, 4) is 17.2 Å². The van der Waals surface area contributed by atoms with Crippen molar-refractivity contribution >= 4 is 34.0 Å². The molecular formula is C22H22N2O5. The maximum Gasteiger partial charge on any atom is 0.314 e. The fourth-order valence-corrected chi connectivity index (χ4v) is 2.90. The molecule has 7 nitrogen and oxygen atoms in total. The number of amides is 2. The monoisotopic (exact) mass is 394 g/mol. The SMILES string of the molecule is CCOc1ccc(NC(=O)C(=O)Nc2cccc3c(O)cccc23)cc1OCC. The lowest BCUT2D eigenvalue weighted by Gasteiger charge is -2.13. The summed E-state index contributed by atoms with van der Waals surface area (Å²) in [6.07, 6.45) is 0. The van der Waals surface area contributed by atoms with Gasteiger partial charge >= 0.3 is 11.8 Å². The molecule has 0 saturated heterocycles. The van der Waals surface area contributed by atoms with Crippen LogP contribution in [0.1, 0.15) is 13.8 Å². The molecule has 7 heteroatoms. The Morgan fingerprint density at radius 3 is 2.24 bits per heavy atom. The van der Waals surface area contributed by atoms with E-state index in [1.54, 1.807) is 54.6 Å². The van der Waals surface area contributed by atoms with Gasteiger partial charge in [-0.2, -0.15) is 0 Å². The Morgan fingerprint density at radius 1 is 0.828 bits per heavy atom. The van der Waals surface area contributed by atoms with Gasteiger partial charge in [0.2, 0.25) is 0 Å². The Kier molecular flexibility index (Phi) is 6.19. The summed E-state index contributed by atoms with van der Waals surface area (Å²) in [4.78, 5) is 24.7. The van der Waals surface area contributed by atoms with Gasteiger partial charge in [-0.3, -0.25) is 9.59 Å². The summed E-state index contributed by atoms with van der Waals surface area (Å²) in [6.45, 7) is 4.62. The van der Waals surface area contributed by atoms with Gasteiger partial charge in [0.05, 0.1) is 13.2 Å². The Bertz CT molecular complexity index is 1050. The van der Waals surface area contributed by atoms with Crippen LogP contribution in [-0.2, 0) is 9.59 Å². The molecule has 2 amide bonds. The molecule has 0 aliphatic rings. The van der Waals surface area contributed by atoms with Crippen LogP contribution in [0.3, 0.4) is 0 Å². The molecule has 0 aliphatic heterocycles. The number of hydrogen-bond donors (Lipinski definition) is 3. The third kappa shape index (κ3) is 4.57. The fraction of sp³-hybridized carbons (Fsp3) is 0.182. The Balaban J connectivity index is 1.76. The van der Waals surface area contributed by atoms with E-state index < -0.39 is 11.8 Å². The Morgan fingerprint density at radius 2 is 1.48 bits per heavy atom. The molecule has 3 N–H and O–H groups in total. The van der Waals surface area contributed by atoms with E-state index in [4.69, 9.17) is 9.47 Å². The second-order valence-electron chi connectivity index (χ2n) is 6.11. The summed E-state index contributed by atoms with van der Waals surface area (Å²) in [7, 11) is 0. The number of rotatable bonds is 6. The largest absolute Gasteiger partial charge is 0.507 e. The summed E-state index contributed by atoms with van der Waals surface area (Å²) in [5.41, 5.74) is 0.841. The van der Waals surface area contributed by atoms with Crippen LogP contribution in [0.4, 0.5) is 11.4 Å². The van der Waals surface area contributed by atoms with Crippen molar-refractivity contribution in [1.82, 2.24) is 0 Å². The summed E-state index contributed by atoms with van der Waals surface area (Å²) in [5, 5.41) is 16.3. The maximum atomic E-state index is 12.4. The van der Waals surface area contributed by atoms with Crippen molar-refractivity contribution in [3.63, 3.8) is 0 Å². The van der Waals surface area contributed by atoms with Gasteiger partial charge in [0, 0.05) is 28.2 Å². The number of phenolic OH excluding ortho intramolecular Hbond substituents is 1. The third-order valence-corrected chi connectivity index (χ3v) is 4.15. The van der Waals surface area contributed by atoms with Gasteiger partial charge in [-0.05, 0) is 38.1 Å². The minimum absolute atomic E-state index is 0.0980. The molecule has 0 fully saturated rings. The van der Waals surface area contributed by atoms with Gasteiger partial charge in [0.25, 0.3) is 0 Å². The highest BCUT2D eigenvalue weighted by Crippen LogP contribution is 2.31. The molecule has 0 bridgehead atoms. The number of ether oxygens (including phenoxy) is 2. The Hall–Kier alpha value is -3.74. The highest BCUT2D eigenvalue weighted by Gasteiger charge is 2.17. The second-order valence-corrected chi connectivity index (χ2v) is 6.11. The standard InChI is InChI=1S/C22H22N2O5/c1-3-28-19-12-11-14(13-20(19)29-4-2)23-21(26)22(27)24-17-9-5-8-16-15(17)7-6-10-18(16)25/h5-13,25H,3-4H2,1-2H3,(H,23,26)(H,24,27). The molecule has 0 aliphatic carbocycles. The highest BCUT2D eigenvalue weighted by molar-refractivity contribution is 6.44. The summed E-state index contributed by atoms with van der Waals surface area (Å²) in [5.74, 6) is -0.508. The first-order chi connectivity index (χ1) is 14.0. The van der Waals surface area contributed by atoms with E-state index >= 15 is 0 Å². The lowest BCUT2D eigenvalue weighted by atomic mass is 10.1. The zero-order valence-corrected chi connectivity index (χ0v) is 16.2. The molecule has 3 aromatic rings. The number of anilines is 2. The summed E-state index contributed by atoms with van der Waals surface area (Å²) >= 11 is 0. The van der Waals surface area contributed by atoms with E-state index in [2.05, 4.69) is 10.6 Å². The normalized spacial score (nSPS) is 10.4. The van der Waals surface area contributed by atoms with Gasteiger partial charge < -0.3 is 25.2 Å². The molecule has 0 saturated carbocycles. The quantitative estimate of drug-likeness (QED) is 0.551. The number of benzene rings is 3. The average Bonchev–Trinajstić information content (AvgIpc) is 2.71. The first-order valence-electron chi connectivity index (χ1n) is 9.26. The summed E-state index contributed by atoms with van der Waals surface area (Å²) < 4.78 is 11.0. The van der Waals surface area contributed by atoms with E-state index in [0.717, 1.165) is 0 Å². The van der Waals surface area contributed by atoms with Crippen LogP contribution in [0.15, 0.2) is 54.6 Å². The first kappa shape index (κ1) is 20.0. The van der Waals surface area contributed by atoms with Crippen molar-refractivity contribution in [2.45, 2.75) is 13.8 Å². The molecular weight excluding hydrogens is 372 g/mol. The topological polar surface area (TPSA) is 96.9 Å². The van der Waals surface area contributed by atoms with Crippen molar-refractivity contribution < 1.29 is 24.2 Å². The molecule has 3 aromatic carbocycles. The molecule has 150 valence electrons. The van der Waals surface area contributed by atoms with Gasteiger partial charge in [0.1, 0.15) is 5.75 Å². The molecule has 0 atom stereocenters. The van der Waals surface area contributed by atoms with Crippen LogP contribution in [0.2, 0.25) is 0 Å². The van der Waals surface area contributed by atoms with Crippen molar-refractivity contribution in [2.24, 2.45) is 0 Å². The maximum absolute atomic E-state index is 12.4. The van der Waals surface area contributed by atoms with E-state index in [0.29, 0.717) is 46.9 Å². The van der Waals surface area contributed by atoms with Crippen molar-refractivity contribution in [1.29, 1.82) is 0 Å². The van der Waals surface area contributed by atoms with E-state index in [-0.39, 0.29) is 5.75 Å². The second kappa shape index (κ2) is 8.97. The van der Waals surface area contributed by atoms with Crippen LogP contribution >= 0.6 is 0 Å². The van der Waals surface area contributed by atoms with Crippen LogP contribution in [0.5, 0.6) is 17.2 Å². The predicted octanol–water partition coefficient (Wildman–Crippen LogP) is 3.92. The van der Waals surface area contributed by atoms with Gasteiger partial charge in [-0.25, -0.2) is 0 Å². The van der Waals surface area contributed by atoms with Crippen LogP contribution < -0.4 is 20.1 Å². The number of carbonyl (C=O) groups excluding carboxylic acids is 2. The number of nitrogens with one attached hydrogen (secondary N) is 2. The minimum atomic E-state index is -0.826. The molecule has 0 aromatic heterocycles. The van der Waals surface area contributed by atoms with Crippen molar-refractivity contribution in [2.75, 3.05) is 23.8 Å².